The molecule has 2 aliphatic rings. The Morgan fingerprint density at radius 1 is 1.16 bits per heavy atom. The van der Waals surface area contributed by atoms with E-state index in [0.29, 0.717) is 31.1 Å². The van der Waals surface area contributed by atoms with E-state index >= 15 is 0 Å². The van der Waals surface area contributed by atoms with Gasteiger partial charge in [-0.2, -0.15) is 0 Å². The maximum Gasteiger partial charge on any atom is 0.322 e. The second kappa shape index (κ2) is 12.0. The normalized spacial score (nSPS) is 18.6. The van der Waals surface area contributed by atoms with Gasteiger partial charge in [0.05, 0.1) is 12.1 Å². The van der Waals surface area contributed by atoms with Gasteiger partial charge in [-0.05, 0) is 79.6 Å². The number of hydrogen-bond donors (Lipinski definition) is 1. The molecule has 1 aromatic heterocycles. The number of aryl methyl sites for hydroxylation is 1. The lowest BCUT2D eigenvalue weighted by molar-refractivity contribution is -0.135. The Kier molecular flexibility index (Phi) is 8.24. The number of anilines is 1. The molecule has 0 unspecified atom stereocenters. The van der Waals surface area contributed by atoms with Crippen LogP contribution in [0.1, 0.15) is 34.9 Å². The van der Waals surface area contributed by atoms with Crippen molar-refractivity contribution >= 4 is 29.0 Å². The lowest BCUT2D eigenvalue weighted by atomic mass is 10.0. The third-order valence-corrected chi connectivity index (χ3v) is 8.00. The number of nitrogens with one attached hydrogen (secondary N) is 1. The number of rotatable bonds is 8. The van der Waals surface area contributed by atoms with Crippen LogP contribution in [-0.4, -0.2) is 60.7 Å². The minimum Gasteiger partial charge on any atom is -0.491 e. The van der Waals surface area contributed by atoms with Crippen LogP contribution in [0.4, 0.5) is 14.9 Å². The third kappa shape index (κ3) is 6.34. The van der Waals surface area contributed by atoms with E-state index in [2.05, 4.69) is 5.32 Å². The molecular formula is C29H32FN3O4S. The smallest absolute Gasteiger partial charge is 0.322 e. The molecule has 7 nitrogen and oxygen atoms in total. The minimum absolute atomic E-state index is 0.0654. The quantitative estimate of drug-likeness (QED) is 0.417. The monoisotopic (exact) mass is 537 g/mol. The molecule has 2 aliphatic heterocycles. The summed E-state index contributed by atoms with van der Waals surface area (Å²) < 4.78 is 25.1. The van der Waals surface area contributed by atoms with Gasteiger partial charge in [0.1, 0.15) is 24.7 Å². The Bertz CT molecular complexity index is 1240. The van der Waals surface area contributed by atoms with Crippen LogP contribution in [-0.2, 0) is 16.0 Å². The maximum absolute atomic E-state index is 13.7. The predicted octanol–water partition coefficient (Wildman–Crippen LogP) is 5.41. The second-order valence-electron chi connectivity index (χ2n) is 9.73. The van der Waals surface area contributed by atoms with Crippen LogP contribution in [0, 0.1) is 12.7 Å². The van der Waals surface area contributed by atoms with Gasteiger partial charge in [-0.3, -0.25) is 4.79 Å². The van der Waals surface area contributed by atoms with Crippen LogP contribution in [0.3, 0.4) is 0 Å². The highest BCUT2D eigenvalue weighted by molar-refractivity contribution is 7.10. The predicted molar refractivity (Wildman–Crippen MR) is 145 cm³/mol. The number of amides is 3. The van der Waals surface area contributed by atoms with Gasteiger partial charge >= 0.3 is 6.03 Å². The molecule has 1 fully saturated rings. The number of urea groups is 1. The first-order chi connectivity index (χ1) is 18.5. The van der Waals surface area contributed by atoms with Crippen molar-refractivity contribution in [2.75, 3.05) is 38.2 Å². The van der Waals surface area contributed by atoms with Crippen molar-refractivity contribution in [3.05, 3.63) is 81.8 Å². The molecule has 3 heterocycles. The summed E-state index contributed by atoms with van der Waals surface area (Å²) in [6, 6.07) is 14.8. The van der Waals surface area contributed by atoms with Crippen LogP contribution in [0.15, 0.2) is 60.0 Å². The zero-order valence-corrected chi connectivity index (χ0v) is 22.2. The molecule has 0 bridgehead atoms. The first-order valence-corrected chi connectivity index (χ1v) is 13.8. The molecule has 5 rings (SSSR count). The number of nitrogens with zero attached hydrogens (tertiary/aromatic N) is 2. The molecule has 1 saturated heterocycles. The number of hydrogen-bond acceptors (Lipinski definition) is 5. The first-order valence-electron chi connectivity index (χ1n) is 12.9. The van der Waals surface area contributed by atoms with Crippen molar-refractivity contribution in [1.82, 2.24) is 9.80 Å². The van der Waals surface area contributed by atoms with Crippen LogP contribution in [0.2, 0.25) is 0 Å². The van der Waals surface area contributed by atoms with Gasteiger partial charge < -0.3 is 24.6 Å². The van der Waals surface area contributed by atoms with Gasteiger partial charge in [0.15, 0.2) is 0 Å². The van der Waals surface area contributed by atoms with E-state index in [0.717, 1.165) is 30.4 Å². The number of thiophene rings is 1. The Morgan fingerprint density at radius 3 is 2.68 bits per heavy atom. The van der Waals surface area contributed by atoms with E-state index < -0.39 is 0 Å². The summed E-state index contributed by atoms with van der Waals surface area (Å²) in [6.07, 6.45) is 2.47. The van der Waals surface area contributed by atoms with Crippen molar-refractivity contribution in [2.24, 2.45) is 0 Å². The van der Waals surface area contributed by atoms with Gasteiger partial charge in [-0.1, -0.05) is 17.7 Å². The van der Waals surface area contributed by atoms with Gasteiger partial charge in [0.2, 0.25) is 5.91 Å². The highest BCUT2D eigenvalue weighted by Gasteiger charge is 2.34. The number of carbonyl (C=O) groups excluding carboxylic acids is 2. The number of ether oxygens (including phenoxy) is 2. The molecule has 0 spiro atoms. The Hall–Kier alpha value is -3.43. The average molecular weight is 538 g/mol. The number of benzene rings is 2. The Morgan fingerprint density at radius 2 is 1.95 bits per heavy atom. The van der Waals surface area contributed by atoms with Gasteiger partial charge in [-0.15, -0.1) is 11.3 Å². The zero-order valence-electron chi connectivity index (χ0n) is 21.4. The van der Waals surface area contributed by atoms with Gasteiger partial charge in [0, 0.05) is 30.3 Å². The molecule has 2 atom stereocenters. The van der Waals surface area contributed by atoms with Crippen molar-refractivity contribution in [3.63, 3.8) is 0 Å². The third-order valence-electron chi connectivity index (χ3n) is 7.00. The van der Waals surface area contributed by atoms with E-state index in [9.17, 15) is 14.0 Å². The molecule has 0 radical (unpaired) electrons. The summed E-state index contributed by atoms with van der Waals surface area (Å²) >= 11 is 1.67. The number of carbonyl (C=O) groups is 2. The highest BCUT2D eigenvalue weighted by Crippen LogP contribution is 2.34. The topological polar surface area (TPSA) is 71.1 Å². The average Bonchev–Trinajstić information content (AvgIpc) is 3.61. The summed E-state index contributed by atoms with van der Waals surface area (Å²) in [7, 11) is 0. The summed E-state index contributed by atoms with van der Waals surface area (Å²) in [5.41, 5.74) is 2.84. The van der Waals surface area contributed by atoms with Crippen LogP contribution in [0.25, 0.3) is 0 Å². The molecule has 3 aromatic rings. The standard InChI is InChI=1S/C29H32FN3O4S/c1-20-4-8-22(9-5-20)31-29(35)32(17-24-3-2-15-36-24)18-28(34)33-14-12-27-25(13-16-38-27)26(33)19-37-23-10-6-21(30)7-11-23/h4-11,13,16,24,26H,2-3,12,14-15,17-19H2,1H3,(H,31,35)/t24-,26+/m1/s1. The number of fused-ring (bicyclic) bond motifs is 1. The zero-order chi connectivity index (χ0) is 26.5. The fourth-order valence-corrected chi connectivity index (χ4v) is 5.86. The molecule has 200 valence electrons. The molecule has 3 amide bonds. The summed E-state index contributed by atoms with van der Waals surface area (Å²) in [5.74, 6) is 0.0624. The van der Waals surface area contributed by atoms with Crippen molar-refractivity contribution < 1.29 is 23.5 Å². The lowest BCUT2D eigenvalue weighted by Gasteiger charge is -2.37. The van der Waals surface area contributed by atoms with E-state index in [-0.39, 0.29) is 43.1 Å². The fraction of sp³-hybridized carbons (Fsp3) is 0.379. The van der Waals surface area contributed by atoms with E-state index in [1.165, 1.54) is 17.0 Å². The largest absolute Gasteiger partial charge is 0.491 e. The molecule has 38 heavy (non-hydrogen) atoms. The Balaban J connectivity index is 1.31. The molecule has 0 aliphatic carbocycles. The fourth-order valence-electron chi connectivity index (χ4n) is 4.93. The second-order valence-corrected chi connectivity index (χ2v) is 10.7. The van der Waals surface area contributed by atoms with Crippen molar-refractivity contribution in [2.45, 2.75) is 38.3 Å². The molecule has 1 N–H and O–H groups in total. The van der Waals surface area contributed by atoms with Crippen LogP contribution < -0.4 is 10.1 Å². The highest BCUT2D eigenvalue weighted by atomic mass is 32.1. The molecule has 9 heteroatoms. The summed E-state index contributed by atoms with van der Waals surface area (Å²) in [5, 5.41) is 4.96. The van der Waals surface area contributed by atoms with Crippen molar-refractivity contribution in [1.29, 1.82) is 0 Å². The summed E-state index contributed by atoms with van der Waals surface area (Å²) in [4.78, 5) is 31.7. The number of halogens is 1. The minimum atomic E-state index is -0.331. The van der Waals surface area contributed by atoms with E-state index in [4.69, 9.17) is 9.47 Å². The maximum atomic E-state index is 13.7. The van der Waals surface area contributed by atoms with Crippen molar-refractivity contribution in [3.8, 4) is 5.75 Å². The molecular weight excluding hydrogens is 505 g/mol. The molecule has 0 saturated carbocycles. The molecule has 2 aromatic carbocycles. The SMILES string of the molecule is Cc1ccc(NC(=O)N(CC(=O)N2CCc3sccc3[C@@H]2COc2ccc(F)cc2)C[C@H]2CCCO2)cc1. The van der Waals surface area contributed by atoms with E-state index in [1.807, 2.05) is 42.6 Å². The lowest BCUT2D eigenvalue weighted by Crippen LogP contribution is -2.50. The van der Waals surface area contributed by atoms with Gasteiger partial charge in [0.25, 0.3) is 0 Å². The van der Waals surface area contributed by atoms with Crippen LogP contribution in [0.5, 0.6) is 5.75 Å². The van der Waals surface area contributed by atoms with Gasteiger partial charge in [-0.25, -0.2) is 9.18 Å². The van der Waals surface area contributed by atoms with Crippen LogP contribution >= 0.6 is 11.3 Å². The first kappa shape index (κ1) is 26.2. The summed E-state index contributed by atoms with van der Waals surface area (Å²) in [6.45, 7) is 3.71. The Labute approximate surface area is 226 Å². The van der Waals surface area contributed by atoms with E-state index in [1.54, 1.807) is 33.3 Å².